The first-order valence-corrected chi connectivity index (χ1v) is 11.6. The van der Waals surface area contributed by atoms with Crippen molar-refractivity contribution in [2.45, 2.75) is 48.2 Å². The van der Waals surface area contributed by atoms with E-state index in [2.05, 4.69) is 28.8 Å². The maximum absolute atomic E-state index is 13.8. The maximum Gasteiger partial charge on any atom is 0.222 e. The maximum atomic E-state index is 13.8. The Morgan fingerprint density at radius 3 is 2.70 bits per heavy atom. The van der Waals surface area contributed by atoms with Gasteiger partial charge in [-0.3, -0.25) is 0 Å². The molecule has 2 aliphatic rings. The number of H-pyrrole nitrogens is 1. The van der Waals surface area contributed by atoms with Gasteiger partial charge in [0, 0.05) is 47.5 Å². The van der Waals surface area contributed by atoms with E-state index in [9.17, 15) is 8.42 Å². The van der Waals surface area contributed by atoms with Crippen molar-refractivity contribution < 1.29 is 8.42 Å². The fraction of sp³-hybridized carbons (Fsp3) is 0.304. The second kappa shape index (κ2) is 6.61. The predicted octanol–water partition coefficient (Wildman–Crippen LogP) is 4.57. The fourth-order valence-electron chi connectivity index (χ4n) is 5.43. The third-order valence-corrected chi connectivity index (χ3v) is 8.49. The van der Waals surface area contributed by atoms with Gasteiger partial charge >= 0.3 is 0 Å². The monoisotopic (exact) mass is 441 g/mol. The minimum absolute atomic E-state index is 0. The summed E-state index contributed by atoms with van der Waals surface area (Å²) >= 11 is 0. The minimum atomic E-state index is -3.68. The normalized spacial score (nSPS) is 20.5. The number of halogens is 1. The molecule has 0 radical (unpaired) electrons. The molecule has 2 unspecified atom stereocenters. The molecule has 0 saturated carbocycles. The predicted molar refractivity (Wildman–Crippen MR) is 121 cm³/mol. The molecule has 30 heavy (non-hydrogen) atoms. The molecule has 4 aromatic rings. The van der Waals surface area contributed by atoms with Gasteiger partial charge in [0.25, 0.3) is 0 Å². The SMILES string of the molecule is Cc1ccc(S(=O)(=O)c2cc3ccccc3[nH]2)c2c3c(n(C)c12)CC1CCC3N1.Cl. The number of benzene rings is 2. The quantitative estimate of drug-likeness (QED) is 0.478. The molecule has 2 aromatic heterocycles. The highest BCUT2D eigenvalue weighted by Crippen LogP contribution is 2.45. The zero-order chi connectivity index (χ0) is 19.9. The Hall–Kier alpha value is -2.28. The van der Waals surface area contributed by atoms with E-state index < -0.39 is 9.84 Å². The van der Waals surface area contributed by atoms with Gasteiger partial charge in [-0.25, -0.2) is 8.42 Å². The Morgan fingerprint density at radius 1 is 1.10 bits per heavy atom. The summed E-state index contributed by atoms with van der Waals surface area (Å²) < 4.78 is 29.8. The third-order valence-electron chi connectivity index (χ3n) is 6.78. The number of sulfone groups is 1. The Labute approximate surface area is 181 Å². The van der Waals surface area contributed by atoms with Crippen LogP contribution in [0.4, 0.5) is 0 Å². The number of nitrogens with zero attached hydrogens (tertiary/aromatic N) is 1. The molecule has 2 aromatic carbocycles. The first-order chi connectivity index (χ1) is 13.9. The van der Waals surface area contributed by atoms with E-state index in [1.807, 2.05) is 30.3 Å². The van der Waals surface area contributed by atoms with Crippen LogP contribution in [0.25, 0.3) is 21.8 Å². The van der Waals surface area contributed by atoms with E-state index >= 15 is 0 Å². The van der Waals surface area contributed by atoms with Crippen molar-refractivity contribution in [1.82, 2.24) is 14.9 Å². The summed E-state index contributed by atoms with van der Waals surface area (Å²) in [6, 6.07) is 13.9. The Morgan fingerprint density at radius 2 is 1.90 bits per heavy atom. The smallest absolute Gasteiger partial charge is 0.222 e. The molecule has 7 heteroatoms. The van der Waals surface area contributed by atoms with Crippen LogP contribution in [0.5, 0.6) is 0 Å². The first kappa shape index (κ1) is 19.7. The number of nitrogens with one attached hydrogen (secondary N) is 2. The van der Waals surface area contributed by atoms with Gasteiger partial charge in [-0.2, -0.15) is 0 Å². The van der Waals surface area contributed by atoms with Crippen LogP contribution in [-0.4, -0.2) is 24.0 Å². The summed E-state index contributed by atoms with van der Waals surface area (Å²) in [5.41, 5.74) is 5.47. The van der Waals surface area contributed by atoms with E-state index in [0.29, 0.717) is 10.9 Å². The van der Waals surface area contributed by atoms with Gasteiger partial charge in [0.1, 0.15) is 5.03 Å². The molecule has 1 saturated heterocycles. The lowest BCUT2D eigenvalue weighted by Gasteiger charge is -2.23. The third kappa shape index (κ3) is 2.54. The molecular formula is C23H24ClN3O2S. The van der Waals surface area contributed by atoms with Crippen molar-refractivity contribution in [2.24, 2.45) is 7.05 Å². The van der Waals surface area contributed by atoms with Crippen LogP contribution in [0.3, 0.4) is 0 Å². The van der Waals surface area contributed by atoms with Gasteiger partial charge in [0.05, 0.1) is 10.4 Å². The summed E-state index contributed by atoms with van der Waals surface area (Å²) in [5.74, 6) is 0. The zero-order valence-corrected chi connectivity index (χ0v) is 18.5. The molecule has 5 nitrogen and oxygen atoms in total. The zero-order valence-electron chi connectivity index (χ0n) is 16.9. The van der Waals surface area contributed by atoms with Crippen LogP contribution < -0.4 is 5.32 Å². The second-order valence-electron chi connectivity index (χ2n) is 8.45. The van der Waals surface area contributed by atoms with Crippen LogP contribution in [0.15, 0.2) is 52.4 Å². The second-order valence-corrected chi connectivity index (χ2v) is 10.3. The van der Waals surface area contributed by atoms with Crippen molar-refractivity contribution in [3.8, 4) is 0 Å². The molecule has 156 valence electrons. The Bertz CT molecular complexity index is 1380. The van der Waals surface area contributed by atoms with Gasteiger partial charge in [-0.05, 0) is 49.1 Å². The van der Waals surface area contributed by atoms with Crippen LogP contribution in [0.2, 0.25) is 0 Å². The van der Waals surface area contributed by atoms with Gasteiger partial charge < -0.3 is 14.9 Å². The van der Waals surface area contributed by atoms with E-state index in [1.165, 1.54) is 11.3 Å². The largest absolute Gasteiger partial charge is 0.347 e. The standard InChI is InChI=1S/C23H23N3O2S.ClH/c1-13-7-10-19(29(27,28)20-11-14-5-3-4-6-16(14)25-20)22-21-17-9-8-15(24-17)12-18(21)26(2)23(13)22;/h3-7,10-11,15,17,24-25H,8-9,12H2,1-2H3;1H. The van der Waals surface area contributed by atoms with Crippen LogP contribution in [-0.2, 0) is 23.3 Å². The molecule has 2 atom stereocenters. The average molecular weight is 442 g/mol. The van der Waals surface area contributed by atoms with E-state index in [1.54, 1.807) is 12.1 Å². The number of aromatic amines is 1. The van der Waals surface area contributed by atoms with E-state index in [-0.39, 0.29) is 23.5 Å². The van der Waals surface area contributed by atoms with Gasteiger partial charge in [-0.1, -0.05) is 24.3 Å². The number of para-hydroxylation sites is 1. The highest BCUT2D eigenvalue weighted by molar-refractivity contribution is 7.91. The molecule has 1 fully saturated rings. The molecular weight excluding hydrogens is 418 g/mol. The molecule has 0 amide bonds. The lowest BCUT2D eigenvalue weighted by atomic mass is 9.98. The van der Waals surface area contributed by atoms with Crippen molar-refractivity contribution in [3.63, 3.8) is 0 Å². The summed E-state index contributed by atoms with van der Waals surface area (Å²) in [6.45, 7) is 2.07. The molecule has 6 rings (SSSR count). The summed E-state index contributed by atoms with van der Waals surface area (Å²) in [7, 11) is -1.60. The van der Waals surface area contributed by atoms with Gasteiger partial charge in [-0.15, -0.1) is 12.4 Å². The van der Waals surface area contributed by atoms with E-state index in [4.69, 9.17) is 0 Å². The fourth-order valence-corrected chi connectivity index (χ4v) is 6.91. The summed E-state index contributed by atoms with van der Waals surface area (Å²) in [4.78, 5) is 3.53. The number of hydrogen-bond acceptors (Lipinski definition) is 3. The number of rotatable bonds is 2. The van der Waals surface area contributed by atoms with Crippen LogP contribution in [0.1, 0.15) is 35.7 Å². The number of fused-ring (bicyclic) bond motifs is 7. The highest BCUT2D eigenvalue weighted by Gasteiger charge is 2.38. The Kier molecular flexibility index (Phi) is 4.33. The summed E-state index contributed by atoms with van der Waals surface area (Å²) in [6.07, 6.45) is 3.18. The number of aryl methyl sites for hydroxylation is 2. The number of hydrogen-bond donors (Lipinski definition) is 2. The molecule has 0 spiro atoms. The average Bonchev–Trinajstić information content (AvgIpc) is 3.38. The molecule has 2 bridgehead atoms. The molecule has 2 N–H and O–H groups in total. The van der Waals surface area contributed by atoms with Gasteiger partial charge in [0.15, 0.2) is 0 Å². The van der Waals surface area contributed by atoms with Gasteiger partial charge in [0.2, 0.25) is 9.84 Å². The highest BCUT2D eigenvalue weighted by atomic mass is 35.5. The minimum Gasteiger partial charge on any atom is -0.347 e. The number of aromatic nitrogens is 2. The van der Waals surface area contributed by atoms with Crippen molar-refractivity contribution in [2.75, 3.05) is 0 Å². The Balaban J connectivity index is 0.00000193. The lowest BCUT2D eigenvalue weighted by molar-refractivity contribution is 0.503. The summed E-state index contributed by atoms with van der Waals surface area (Å²) in [5, 5.41) is 5.76. The topological polar surface area (TPSA) is 66.9 Å². The first-order valence-electron chi connectivity index (χ1n) is 10.1. The van der Waals surface area contributed by atoms with Crippen LogP contribution >= 0.6 is 12.4 Å². The molecule has 2 aliphatic heterocycles. The molecule has 4 heterocycles. The van der Waals surface area contributed by atoms with Crippen molar-refractivity contribution in [3.05, 3.63) is 59.3 Å². The lowest BCUT2D eigenvalue weighted by Crippen LogP contribution is -2.32. The van der Waals surface area contributed by atoms with Crippen molar-refractivity contribution >= 4 is 44.1 Å². The van der Waals surface area contributed by atoms with Crippen LogP contribution in [0, 0.1) is 6.92 Å². The molecule has 0 aliphatic carbocycles. The van der Waals surface area contributed by atoms with Crippen molar-refractivity contribution in [1.29, 1.82) is 0 Å². The van der Waals surface area contributed by atoms with E-state index in [0.717, 1.165) is 46.6 Å².